The van der Waals surface area contributed by atoms with E-state index in [0.29, 0.717) is 52.2 Å². The number of nitrogens with one attached hydrogen (secondary N) is 2. The monoisotopic (exact) mass is 439 g/mol. The molecule has 0 aliphatic carbocycles. The third kappa shape index (κ3) is 8.20. The van der Waals surface area contributed by atoms with Crippen molar-refractivity contribution >= 4 is 18.0 Å². The van der Waals surface area contributed by atoms with Crippen LogP contribution in [0, 0.1) is 5.92 Å². The molecule has 2 rings (SSSR count). The van der Waals surface area contributed by atoms with Gasteiger partial charge in [0, 0.05) is 44.7 Å². The smallest absolute Gasteiger partial charge is 0.409 e. The van der Waals surface area contributed by atoms with Crippen LogP contribution in [-0.2, 0) is 9.53 Å². The van der Waals surface area contributed by atoms with Crippen molar-refractivity contribution in [1.29, 1.82) is 0 Å². The zero-order valence-corrected chi connectivity index (χ0v) is 19.5. The van der Waals surface area contributed by atoms with E-state index in [1.807, 2.05) is 4.90 Å². The number of rotatable bonds is 9. The number of hydrogen-bond donors (Lipinski definition) is 2. The first kappa shape index (κ1) is 25.2. The van der Waals surface area contributed by atoms with Gasteiger partial charge in [-0.2, -0.15) is 0 Å². The Kier molecular flexibility index (Phi) is 10.9. The number of hydrogen-bond acceptors (Lipinski definition) is 5. The average molecular weight is 440 g/mol. The zero-order chi connectivity index (χ0) is 22.6. The first-order valence-electron chi connectivity index (χ1n) is 12.0. The summed E-state index contributed by atoms with van der Waals surface area (Å²) in [5.41, 5.74) is 0. The predicted molar refractivity (Wildman–Crippen MR) is 120 cm³/mol. The van der Waals surface area contributed by atoms with Crippen LogP contribution in [0.3, 0.4) is 0 Å². The molecule has 0 saturated carbocycles. The Bertz CT molecular complexity index is 568. The van der Waals surface area contributed by atoms with Gasteiger partial charge in [-0.05, 0) is 58.7 Å². The fourth-order valence-electron chi connectivity index (χ4n) is 4.23. The lowest BCUT2D eigenvalue weighted by atomic mass is 9.96. The number of ether oxygens (including phenoxy) is 1. The van der Waals surface area contributed by atoms with E-state index < -0.39 is 0 Å². The lowest BCUT2D eigenvalue weighted by molar-refractivity contribution is -0.126. The van der Waals surface area contributed by atoms with E-state index >= 15 is 0 Å². The molecule has 0 aromatic carbocycles. The molecule has 2 aliphatic rings. The number of urea groups is 1. The van der Waals surface area contributed by atoms with Crippen LogP contribution in [0.4, 0.5) is 9.59 Å². The van der Waals surface area contributed by atoms with Crippen molar-refractivity contribution in [2.45, 2.75) is 58.9 Å². The Hall–Kier alpha value is -2.03. The van der Waals surface area contributed by atoms with Crippen LogP contribution in [0.25, 0.3) is 0 Å². The number of piperidine rings is 2. The Morgan fingerprint density at radius 1 is 0.935 bits per heavy atom. The molecule has 0 spiro atoms. The van der Waals surface area contributed by atoms with Crippen molar-refractivity contribution in [2.75, 3.05) is 59.0 Å². The van der Waals surface area contributed by atoms with Gasteiger partial charge in [-0.3, -0.25) is 4.79 Å². The minimum Gasteiger partial charge on any atom is -0.450 e. The molecule has 0 atom stereocenters. The summed E-state index contributed by atoms with van der Waals surface area (Å²) in [5.74, 6) is 0.108. The molecular weight excluding hydrogens is 398 g/mol. The van der Waals surface area contributed by atoms with Crippen LogP contribution in [0.5, 0.6) is 0 Å². The minimum absolute atomic E-state index is 0.00896. The van der Waals surface area contributed by atoms with Crippen LogP contribution in [-0.4, -0.2) is 97.7 Å². The van der Waals surface area contributed by atoms with Crippen molar-refractivity contribution in [1.82, 2.24) is 25.3 Å². The second kappa shape index (κ2) is 13.4. The van der Waals surface area contributed by atoms with E-state index in [-0.39, 0.29) is 30.0 Å². The summed E-state index contributed by atoms with van der Waals surface area (Å²) in [7, 11) is 0. The molecule has 178 valence electrons. The van der Waals surface area contributed by atoms with E-state index in [0.717, 1.165) is 38.9 Å². The van der Waals surface area contributed by atoms with Crippen LogP contribution >= 0.6 is 0 Å². The fourth-order valence-corrected chi connectivity index (χ4v) is 4.23. The number of nitrogens with zero attached hydrogens (tertiary/aromatic N) is 3. The maximum Gasteiger partial charge on any atom is 0.409 e. The first-order valence-corrected chi connectivity index (χ1v) is 12.0. The van der Waals surface area contributed by atoms with Gasteiger partial charge >= 0.3 is 12.1 Å². The number of amides is 4. The van der Waals surface area contributed by atoms with Gasteiger partial charge in [0.1, 0.15) is 0 Å². The lowest BCUT2D eigenvalue weighted by Gasteiger charge is -2.35. The number of carbonyl (C=O) groups is 3. The second-order valence-electron chi connectivity index (χ2n) is 8.34. The highest BCUT2D eigenvalue weighted by atomic mass is 16.6. The maximum atomic E-state index is 12.6. The third-order valence-electron chi connectivity index (χ3n) is 6.35. The normalized spacial score (nSPS) is 18.2. The number of likely N-dealkylation sites (tertiary alicyclic amines) is 2. The summed E-state index contributed by atoms with van der Waals surface area (Å²) in [6, 6.07) is 0.0117. The fraction of sp³-hybridized carbons (Fsp3) is 0.864. The zero-order valence-electron chi connectivity index (χ0n) is 19.5. The first-order chi connectivity index (χ1) is 15.0. The molecule has 2 N–H and O–H groups in total. The molecular formula is C22H41N5O4. The van der Waals surface area contributed by atoms with E-state index in [1.54, 1.807) is 11.8 Å². The highest BCUT2D eigenvalue weighted by Gasteiger charge is 2.29. The predicted octanol–water partition coefficient (Wildman–Crippen LogP) is 1.88. The van der Waals surface area contributed by atoms with Crippen molar-refractivity contribution < 1.29 is 19.1 Å². The topological polar surface area (TPSA) is 94.2 Å². The lowest BCUT2D eigenvalue weighted by Crippen LogP contribution is -2.52. The van der Waals surface area contributed by atoms with Crippen molar-refractivity contribution in [3.8, 4) is 0 Å². The van der Waals surface area contributed by atoms with Crippen molar-refractivity contribution in [3.63, 3.8) is 0 Å². The molecule has 2 heterocycles. The van der Waals surface area contributed by atoms with E-state index in [4.69, 9.17) is 4.74 Å². The van der Waals surface area contributed by atoms with Gasteiger partial charge in [0.25, 0.3) is 0 Å². The second-order valence-corrected chi connectivity index (χ2v) is 8.34. The molecule has 9 heteroatoms. The van der Waals surface area contributed by atoms with Gasteiger partial charge in [-0.15, -0.1) is 0 Å². The van der Waals surface area contributed by atoms with E-state index in [1.165, 1.54) is 0 Å². The Morgan fingerprint density at radius 3 is 2.13 bits per heavy atom. The summed E-state index contributed by atoms with van der Waals surface area (Å²) in [4.78, 5) is 42.6. The standard InChI is InChI=1S/C22H41N5O4/c1-4-25(5-2)13-7-12-23-20(28)18-8-14-26(15-9-18)21(29)24-19-10-16-27(17-11-19)22(30)31-6-3/h18-19H,4-17H2,1-3H3,(H,23,28)(H,24,29). The van der Waals surface area contributed by atoms with Gasteiger partial charge in [-0.1, -0.05) is 13.8 Å². The highest BCUT2D eigenvalue weighted by molar-refractivity contribution is 5.79. The van der Waals surface area contributed by atoms with Crippen LogP contribution in [0.1, 0.15) is 52.9 Å². The number of carbonyl (C=O) groups excluding carboxylic acids is 3. The van der Waals surface area contributed by atoms with Crippen LogP contribution in [0.2, 0.25) is 0 Å². The van der Waals surface area contributed by atoms with Gasteiger partial charge in [-0.25, -0.2) is 9.59 Å². The quantitative estimate of drug-likeness (QED) is 0.535. The summed E-state index contributed by atoms with van der Waals surface area (Å²) in [5, 5.41) is 6.15. The molecule has 0 bridgehead atoms. The summed E-state index contributed by atoms with van der Waals surface area (Å²) in [6.45, 7) is 12.7. The van der Waals surface area contributed by atoms with Crippen LogP contribution < -0.4 is 10.6 Å². The minimum atomic E-state index is -0.277. The molecule has 0 radical (unpaired) electrons. The summed E-state index contributed by atoms with van der Waals surface area (Å²) in [6.07, 6.45) is 3.56. The molecule has 2 fully saturated rings. The Balaban J connectivity index is 1.62. The molecule has 0 aromatic heterocycles. The molecule has 4 amide bonds. The Morgan fingerprint density at radius 2 is 1.55 bits per heavy atom. The third-order valence-corrected chi connectivity index (χ3v) is 6.35. The van der Waals surface area contributed by atoms with Crippen molar-refractivity contribution in [2.24, 2.45) is 5.92 Å². The van der Waals surface area contributed by atoms with E-state index in [9.17, 15) is 14.4 Å². The molecule has 0 unspecified atom stereocenters. The van der Waals surface area contributed by atoms with Crippen LogP contribution in [0.15, 0.2) is 0 Å². The SMILES string of the molecule is CCOC(=O)N1CCC(NC(=O)N2CCC(C(=O)NCCCN(CC)CC)CC2)CC1. The molecule has 31 heavy (non-hydrogen) atoms. The molecule has 9 nitrogen and oxygen atoms in total. The maximum absolute atomic E-state index is 12.6. The highest BCUT2D eigenvalue weighted by Crippen LogP contribution is 2.18. The average Bonchev–Trinajstić information content (AvgIpc) is 2.79. The van der Waals surface area contributed by atoms with Gasteiger partial charge < -0.3 is 30.1 Å². The Labute approximate surface area is 186 Å². The van der Waals surface area contributed by atoms with Crippen molar-refractivity contribution in [3.05, 3.63) is 0 Å². The largest absolute Gasteiger partial charge is 0.450 e. The molecule has 2 aliphatic heterocycles. The van der Waals surface area contributed by atoms with Gasteiger partial charge in [0.15, 0.2) is 0 Å². The summed E-state index contributed by atoms with van der Waals surface area (Å²) >= 11 is 0. The summed E-state index contributed by atoms with van der Waals surface area (Å²) < 4.78 is 5.03. The van der Waals surface area contributed by atoms with Gasteiger partial charge in [0.2, 0.25) is 5.91 Å². The van der Waals surface area contributed by atoms with Gasteiger partial charge in [0.05, 0.1) is 6.61 Å². The molecule has 2 saturated heterocycles. The van der Waals surface area contributed by atoms with E-state index in [2.05, 4.69) is 29.4 Å². The molecule has 0 aromatic rings.